The first-order valence-corrected chi connectivity index (χ1v) is 7.65. The molecule has 24 heavy (non-hydrogen) atoms. The zero-order chi connectivity index (χ0) is 17.9. The van der Waals surface area contributed by atoms with Crippen molar-refractivity contribution in [2.45, 2.75) is 27.2 Å². The van der Waals surface area contributed by atoms with Crippen molar-refractivity contribution in [1.29, 1.82) is 0 Å². The van der Waals surface area contributed by atoms with Gasteiger partial charge in [0.25, 0.3) is 5.91 Å². The van der Waals surface area contributed by atoms with Gasteiger partial charge in [-0.1, -0.05) is 11.6 Å². The third-order valence-corrected chi connectivity index (χ3v) is 3.81. The van der Waals surface area contributed by atoms with Gasteiger partial charge in [0.2, 0.25) is 5.91 Å². The van der Waals surface area contributed by atoms with Gasteiger partial charge in [0, 0.05) is 17.4 Å². The van der Waals surface area contributed by atoms with E-state index < -0.39 is 11.9 Å². The predicted molar refractivity (Wildman–Crippen MR) is 90.1 cm³/mol. The van der Waals surface area contributed by atoms with Crippen LogP contribution in [-0.4, -0.2) is 41.0 Å². The van der Waals surface area contributed by atoms with Crippen molar-refractivity contribution in [3.05, 3.63) is 34.5 Å². The van der Waals surface area contributed by atoms with Gasteiger partial charge in [0.1, 0.15) is 5.69 Å². The molecule has 0 aliphatic heterocycles. The molecule has 0 saturated heterocycles. The Bertz CT molecular complexity index is 808. The predicted octanol–water partition coefficient (Wildman–Crippen LogP) is 1.41. The summed E-state index contributed by atoms with van der Waals surface area (Å²) in [6, 6.07) is 4.05. The molecule has 0 aliphatic rings. The molecular formula is C17H21N3O4. The molecule has 1 heterocycles. The van der Waals surface area contributed by atoms with E-state index in [1.807, 2.05) is 32.9 Å². The average molecular weight is 331 g/mol. The molecule has 1 aromatic heterocycles. The van der Waals surface area contributed by atoms with Crippen LogP contribution < -0.4 is 10.6 Å². The van der Waals surface area contributed by atoms with Crippen LogP contribution in [-0.2, 0) is 9.59 Å². The van der Waals surface area contributed by atoms with E-state index >= 15 is 0 Å². The highest BCUT2D eigenvalue weighted by Gasteiger charge is 2.16. The van der Waals surface area contributed by atoms with Crippen molar-refractivity contribution in [1.82, 2.24) is 15.6 Å². The molecule has 128 valence electrons. The lowest BCUT2D eigenvalue weighted by Crippen LogP contribution is -2.38. The van der Waals surface area contributed by atoms with Crippen LogP contribution in [0.4, 0.5) is 0 Å². The monoisotopic (exact) mass is 331 g/mol. The summed E-state index contributed by atoms with van der Waals surface area (Å²) in [4.78, 5) is 37.4. The lowest BCUT2D eigenvalue weighted by molar-refractivity contribution is -0.136. The molecular weight excluding hydrogens is 310 g/mol. The first kappa shape index (κ1) is 17.5. The van der Waals surface area contributed by atoms with E-state index in [0.717, 1.165) is 27.6 Å². The van der Waals surface area contributed by atoms with Crippen molar-refractivity contribution in [3.63, 3.8) is 0 Å². The number of hydrogen-bond donors (Lipinski definition) is 4. The molecule has 2 aromatic rings. The first-order valence-electron chi connectivity index (χ1n) is 7.65. The fraction of sp³-hybridized carbons (Fsp3) is 0.353. The number of carboxylic acid groups (broad SMARTS) is 1. The fourth-order valence-electron chi connectivity index (χ4n) is 2.63. The number of hydrogen-bond acceptors (Lipinski definition) is 3. The van der Waals surface area contributed by atoms with Gasteiger partial charge in [-0.3, -0.25) is 14.4 Å². The summed E-state index contributed by atoms with van der Waals surface area (Å²) < 4.78 is 0. The van der Waals surface area contributed by atoms with Crippen molar-refractivity contribution in [2.75, 3.05) is 13.1 Å². The SMILES string of the molecule is Cc1cc(C)c2[nH]c(C(=O)NCC(=O)NCCC(=O)O)c(C)c2c1. The van der Waals surface area contributed by atoms with E-state index in [4.69, 9.17) is 5.11 Å². The second-order valence-electron chi connectivity index (χ2n) is 5.81. The van der Waals surface area contributed by atoms with Gasteiger partial charge in [-0.2, -0.15) is 0 Å². The minimum Gasteiger partial charge on any atom is -0.481 e. The lowest BCUT2D eigenvalue weighted by atomic mass is 10.1. The highest BCUT2D eigenvalue weighted by molar-refractivity contribution is 6.02. The van der Waals surface area contributed by atoms with E-state index in [9.17, 15) is 14.4 Å². The third kappa shape index (κ3) is 3.92. The molecule has 0 atom stereocenters. The van der Waals surface area contributed by atoms with Gasteiger partial charge in [-0.15, -0.1) is 0 Å². The van der Waals surface area contributed by atoms with Crippen LogP contribution in [0.5, 0.6) is 0 Å². The van der Waals surface area contributed by atoms with E-state index in [1.54, 1.807) is 0 Å². The van der Waals surface area contributed by atoms with Crippen LogP contribution in [0.3, 0.4) is 0 Å². The molecule has 0 aliphatic carbocycles. The summed E-state index contributed by atoms with van der Waals surface area (Å²) in [5, 5.41) is 14.5. The Morgan fingerprint density at radius 3 is 2.50 bits per heavy atom. The number of amides is 2. The molecule has 0 spiro atoms. The van der Waals surface area contributed by atoms with E-state index in [2.05, 4.69) is 15.6 Å². The number of fused-ring (bicyclic) bond motifs is 1. The number of carboxylic acids is 1. The molecule has 2 amide bonds. The zero-order valence-electron chi connectivity index (χ0n) is 13.9. The number of benzene rings is 1. The van der Waals surface area contributed by atoms with Crippen LogP contribution in [0.15, 0.2) is 12.1 Å². The Kier molecular flexibility index (Phi) is 5.23. The van der Waals surface area contributed by atoms with E-state index in [-0.39, 0.29) is 25.4 Å². The van der Waals surface area contributed by atoms with Crippen molar-refractivity contribution < 1.29 is 19.5 Å². The van der Waals surface area contributed by atoms with Crippen LogP contribution in [0.2, 0.25) is 0 Å². The van der Waals surface area contributed by atoms with Crippen LogP contribution in [0, 0.1) is 20.8 Å². The second-order valence-corrected chi connectivity index (χ2v) is 5.81. The molecule has 0 fully saturated rings. The van der Waals surface area contributed by atoms with Gasteiger partial charge in [0.05, 0.1) is 13.0 Å². The molecule has 0 bridgehead atoms. The summed E-state index contributed by atoms with van der Waals surface area (Å²) in [6.45, 7) is 5.67. The Hall–Kier alpha value is -2.83. The molecule has 0 saturated carbocycles. The number of carbonyl (C=O) groups excluding carboxylic acids is 2. The Labute approximate surface area is 139 Å². The summed E-state index contributed by atoms with van der Waals surface area (Å²) in [5.41, 5.74) is 4.34. The summed E-state index contributed by atoms with van der Waals surface area (Å²) in [6.07, 6.45) is -0.153. The smallest absolute Gasteiger partial charge is 0.305 e. The molecule has 1 aromatic carbocycles. The van der Waals surface area contributed by atoms with Crippen LogP contribution >= 0.6 is 0 Å². The maximum atomic E-state index is 12.3. The largest absolute Gasteiger partial charge is 0.481 e. The average Bonchev–Trinajstić information content (AvgIpc) is 2.82. The molecule has 4 N–H and O–H groups in total. The number of aromatic amines is 1. The maximum Gasteiger partial charge on any atom is 0.305 e. The van der Waals surface area contributed by atoms with Crippen LogP contribution in [0.25, 0.3) is 10.9 Å². The zero-order valence-corrected chi connectivity index (χ0v) is 13.9. The second kappa shape index (κ2) is 7.16. The van der Waals surface area contributed by atoms with Gasteiger partial charge >= 0.3 is 5.97 Å². The fourth-order valence-corrected chi connectivity index (χ4v) is 2.63. The number of carbonyl (C=O) groups is 3. The Morgan fingerprint density at radius 2 is 1.83 bits per heavy atom. The molecule has 0 unspecified atom stereocenters. The number of rotatable bonds is 6. The van der Waals surface area contributed by atoms with Crippen molar-refractivity contribution in [3.8, 4) is 0 Å². The van der Waals surface area contributed by atoms with Crippen molar-refractivity contribution in [2.24, 2.45) is 0 Å². The minimum atomic E-state index is -0.987. The minimum absolute atomic E-state index is 0.0356. The van der Waals surface area contributed by atoms with Gasteiger partial charge in [-0.05, 0) is 38.0 Å². The molecule has 2 rings (SSSR count). The highest BCUT2D eigenvalue weighted by atomic mass is 16.4. The highest BCUT2D eigenvalue weighted by Crippen LogP contribution is 2.25. The summed E-state index contributed by atoms with van der Waals surface area (Å²) >= 11 is 0. The van der Waals surface area contributed by atoms with Gasteiger partial charge in [-0.25, -0.2) is 0 Å². The Balaban J connectivity index is 2.04. The standard InChI is InChI=1S/C17H21N3O4/c1-9-6-10(2)15-12(7-9)11(3)16(20-15)17(24)19-8-13(21)18-5-4-14(22)23/h6-7,20H,4-5,8H2,1-3H3,(H,18,21)(H,19,24)(H,22,23). The van der Waals surface area contributed by atoms with Crippen LogP contribution in [0.1, 0.15) is 33.6 Å². The van der Waals surface area contributed by atoms with E-state index in [1.165, 1.54) is 0 Å². The lowest BCUT2D eigenvalue weighted by Gasteiger charge is -2.05. The number of nitrogens with one attached hydrogen (secondary N) is 3. The summed E-state index contributed by atoms with van der Waals surface area (Å²) in [7, 11) is 0. The first-order chi connectivity index (χ1) is 11.3. The third-order valence-electron chi connectivity index (χ3n) is 3.81. The maximum absolute atomic E-state index is 12.3. The molecule has 7 nitrogen and oxygen atoms in total. The number of aromatic nitrogens is 1. The topological polar surface area (TPSA) is 111 Å². The summed E-state index contributed by atoms with van der Waals surface area (Å²) in [5.74, 6) is -1.78. The molecule has 0 radical (unpaired) electrons. The quantitative estimate of drug-likeness (QED) is 0.641. The van der Waals surface area contributed by atoms with E-state index in [0.29, 0.717) is 5.69 Å². The molecule has 7 heteroatoms. The van der Waals surface area contributed by atoms with Gasteiger partial charge in [0.15, 0.2) is 0 Å². The number of aliphatic carboxylic acids is 1. The number of aryl methyl sites for hydroxylation is 3. The van der Waals surface area contributed by atoms with Crippen molar-refractivity contribution >= 4 is 28.7 Å². The normalized spacial score (nSPS) is 10.6. The Morgan fingerprint density at radius 1 is 1.12 bits per heavy atom. The number of H-pyrrole nitrogens is 1. The van der Waals surface area contributed by atoms with Gasteiger partial charge < -0.3 is 20.7 Å².